The highest BCUT2D eigenvalue weighted by Crippen LogP contribution is 2.12. The molecule has 2 aromatic rings. The Labute approximate surface area is 139 Å². The third-order valence-corrected chi connectivity index (χ3v) is 3.43. The van der Waals surface area contributed by atoms with Gasteiger partial charge >= 0.3 is 0 Å². The summed E-state index contributed by atoms with van der Waals surface area (Å²) in [5, 5.41) is 0. The van der Waals surface area contributed by atoms with Crippen molar-refractivity contribution in [3.05, 3.63) is 53.6 Å². The zero-order chi connectivity index (χ0) is 16.3. The SMILES string of the molecule is CCCCCOc1ccc(C#Cc2ncc(CCC)cn2)cc1. The van der Waals surface area contributed by atoms with Gasteiger partial charge in [0.15, 0.2) is 0 Å². The molecule has 3 heteroatoms. The van der Waals surface area contributed by atoms with Crippen molar-refractivity contribution < 1.29 is 4.74 Å². The smallest absolute Gasteiger partial charge is 0.205 e. The molecule has 0 atom stereocenters. The van der Waals surface area contributed by atoms with Gasteiger partial charge in [-0.1, -0.05) is 39.0 Å². The van der Waals surface area contributed by atoms with Gasteiger partial charge in [0.1, 0.15) is 5.75 Å². The summed E-state index contributed by atoms with van der Waals surface area (Å²) in [6.45, 7) is 5.11. The van der Waals surface area contributed by atoms with Crippen molar-refractivity contribution in [1.82, 2.24) is 9.97 Å². The fourth-order valence-electron chi connectivity index (χ4n) is 2.14. The molecule has 0 aliphatic heterocycles. The van der Waals surface area contributed by atoms with Crippen LogP contribution in [-0.4, -0.2) is 16.6 Å². The molecule has 0 saturated heterocycles. The van der Waals surface area contributed by atoms with Gasteiger partial charge in [-0.2, -0.15) is 0 Å². The lowest BCUT2D eigenvalue weighted by molar-refractivity contribution is 0.306. The quantitative estimate of drug-likeness (QED) is 0.562. The monoisotopic (exact) mass is 308 g/mol. The molecule has 0 radical (unpaired) electrons. The van der Waals surface area contributed by atoms with Gasteiger partial charge in [0.2, 0.25) is 5.82 Å². The normalized spacial score (nSPS) is 10.0. The summed E-state index contributed by atoms with van der Waals surface area (Å²) in [7, 11) is 0. The average molecular weight is 308 g/mol. The van der Waals surface area contributed by atoms with Crippen LogP contribution in [0.25, 0.3) is 0 Å². The van der Waals surface area contributed by atoms with Crippen molar-refractivity contribution in [3.63, 3.8) is 0 Å². The fraction of sp³-hybridized carbons (Fsp3) is 0.400. The van der Waals surface area contributed by atoms with Gasteiger partial charge in [-0.05, 0) is 48.6 Å². The molecule has 3 nitrogen and oxygen atoms in total. The van der Waals surface area contributed by atoms with Crippen molar-refractivity contribution in [2.45, 2.75) is 46.0 Å². The van der Waals surface area contributed by atoms with Gasteiger partial charge in [0.25, 0.3) is 0 Å². The Hall–Kier alpha value is -2.34. The summed E-state index contributed by atoms with van der Waals surface area (Å²) in [4.78, 5) is 8.56. The van der Waals surface area contributed by atoms with E-state index < -0.39 is 0 Å². The van der Waals surface area contributed by atoms with Gasteiger partial charge in [-0.15, -0.1) is 0 Å². The molecule has 0 saturated carbocycles. The Bertz CT molecular complexity index is 636. The highest BCUT2D eigenvalue weighted by molar-refractivity contribution is 5.40. The molecule has 2 rings (SSSR count). The Morgan fingerprint density at radius 3 is 2.30 bits per heavy atom. The Morgan fingerprint density at radius 2 is 1.65 bits per heavy atom. The minimum Gasteiger partial charge on any atom is -0.494 e. The maximum Gasteiger partial charge on any atom is 0.205 e. The van der Waals surface area contributed by atoms with Crippen molar-refractivity contribution in [2.24, 2.45) is 0 Å². The Kier molecular flexibility index (Phi) is 7.13. The zero-order valence-electron chi connectivity index (χ0n) is 14.0. The first kappa shape index (κ1) is 17.0. The molecular formula is C20H24N2O. The first-order chi connectivity index (χ1) is 11.3. The van der Waals surface area contributed by atoms with E-state index in [9.17, 15) is 0 Å². The number of hydrogen-bond donors (Lipinski definition) is 0. The van der Waals surface area contributed by atoms with Gasteiger partial charge in [0.05, 0.1) is 6.61 Å². The lowest BCUT2D eigenvalue weighted by Crippen LogP contribution is -1.96. The first-order valence-corrected chi connectivity index (χ1v) is 8.37. The van der Waals surface area contributed by atoms with Crippen LogP contribution in [0, 0.1) is 11.8 Å². The largest absolute Gasteiger partial charge is 0.494 e. The molecule has 0 aliphatic rings. The molecular weight excluding hydrogens is 284 g/mol. The number of unbranched alkanes of at least 4 members (excludes halogenated alkanes) is 2. The molecule has 0 fully saturated rings. The van der Waals surface area contributed by atoms with Crippen molar-refractivity contribution >= 4 is 0 Å². The van der Waals surface area contributed by atoms with Crippen LogP contribution in [0.5, 0.6) is 5.75 Å². The van der Waals surface area contributed by atoms with Gasteiger partial charge in [-0.3, -0.25) is 0 Å². The summed E-state index contributed by atoms with van der Waals surface area (Å²) in [6.07, 6.45) is 9.33. The van der Waals surface area contributed by atoms with Crippen LogP contribution in [0.1, 0.15) is 56.5 Å². The third-order valence-electron chi connectivity index (χ3n) is 3.43. The zero-order valence-corrected chi connectivity index (χ0v) is 14.0. The van der Waals surface area contributed by atoms with Gasteiger partial charge in [-0.25, -0.2) is 9.97 Å². The van der Waals surface area contributed by atoms with E-state index in [4.69, 9.17) is 4.74 Å². The van der Waals surface area contributed by atoms with Gasteiger partial charge < -0.3 is 4.74 Å². The van der Waals surface area contributed by atoms with Crippen molar-refractivity contribution in [3.8, 4) is 17.6 Å². The van der Waals surface area contributed by atoms with Crippen LogP contribution in [0.15, 0.2) is 36.7 Å². The van der Waals surface area contributed by atoms with E-state index in [0.717, 1.165) is 42.7 Å². The van der Waals surface area contributed by atoms with E-state index >= 15 is 0 Å². The third kappa shape index (κ3) is 6.12. The van der Waals surface area contributed by atoms with E-state index in [1.807, 2.05) is 36.7 Å². The summed E-state index contributed by atoms with van der Waals surface area (Å²) >= 11 is 0. The maximum absolute atomic E-state index is 5.69. The lowest BCUT2D eigenvalue weighted by Gasteiger charge is -2.05. The number of hydrogen-bond acceptors (Lipinski definition) is 3. The van der Waals surface area contributed by atoms with Crippen LogP contribution in [0.4, 0.5) is 0 Å². The lowest BCUT2D eigenvalue weighted by atomic mass is 10.2. The van der Waals surface area contributed by atoms with Crippen molar-refractivity contribution in [2.75, 3.05) is 6.61 Å². The molecule has 1 aromatic carbocycles. The summed E-state index contributed by atoms with van der Waals surface area (Å²) in [6, 6.07) is 7.85. The molecule has 0 amide bonds. The number of benzene rings is 1. The number of aromatic nitrogens is 2. The average Bonchev–Trinajstić information content (AvgIpc) is 2.59. The minimum atomic E-state index is 0.560. The molecule has 0 aliphatic carbocycles. The molecule has 23 heavy (non-hydrogen) atoms. The molecule has 0 bridgehead atoms. The Morgan fingerprint density at radius 1 is 0.913 bits per heavy atom. The molecule has 120 valence electrons. The number of nitrogens with zero attached hydrogens (tertiary/aromatic N) is 2. The van der Waals surface area contributed by atoms with Crippen LogP contribution in [0.2, 0.25) is 0 Å². The van der Waals surface area contributed by atoms with E-state index in [0.29, 0.717) is 5.82 Å². The highest BCUT2D eigenvalue weighted by Gasteiger charge is 1.96. The van der Waals surface area contributed by atoms with Crippen LogP contribution in [0.3, 0.4) is 0 Å². The highest BCUT2D eigenvalue weighted by atomic mass is 16.5. The maximum atomic E-state index is 5.69. The standard InChI is InChI=1S/C20H24N2O/c1-3-5-6-14-23-19-11-8-17(9-12-19)10-13-20-21-15-18(7-4-2)16-22-20/h8-9,11-12,15-16H,3-7,14H2,1-2H3. The molecule has 1 heterocycles. The fourth-order valence-corrected chi connectivity index (χ4v) is 2.14. The molecule has 0 unspecified atom stereocenters. The minimum absolute atomic E-state index is 0.560. The summed E-state index contributed by atoms with van der Waals surface area (Å²) < 4.78 is 5.69. The van der Waals surface area contributed by atoms with Crippen LogP contribution < -0.4 is 4.74 Å². The molecule has 1 aromatic heterocycles. The summed E-state index contributed by atoms with van der Waals surface area (Å²) in [5.74, 6) is 7.54. The molecule has 0 spiro atoms. The number of aryl methyl sites for hydroxylation is 1. The van der Waals surface area contributed by atoms with E-state index in [2.05, 4.69) is 35.7 Å². The van der Waals surface area contributed by atoms with Crippen molar-refractivity contribution in [1.29, 1.82) is 0 Å². The first-order valence-electron chi connectivity index (χ1n) is 8.37. The van der Waals surface area contributed by atoms with Gasteiger partial charge in [0, 0.05) is 18.0 Å². The van der Waals surface area contributed by atoms with Crippen LogP contribution >= 0.6 is 0 Å². The van der Waals surface area contributed by atoms with E-state index in [1.54, 1.807) is 0 Å². The predicted octanol–water partition coefficient (Wildman–Crippen LogP) is 4.40. The second kappa shape index (κ2) is 9.63. The summed E-state index contributed by atoms with van der Waals surface area (Å²) in [5.41, 5.74) is 2.09. The predicted molar refractivity (Wildman–Crippen MR) is 93.5 cm³/mol. The number of ether oxygens (including phenoxy) is 1. The number of rotatable bonds is 7. The topological polar surface area (TPSA) is 35.0 Å². The van der Waals surface area contributed by atoms with Crippen LogP contribution in [-0.2, 0) is 6.42 Å². The molecule has 0 N–H and O–H groups in total. The Balaban J connectivity index is 1.90. The van der Waals surface area contributed by atoms with E-state index in [-0.39, 0.29) is 0 Å². The second-order valence-corrected chi connectivity index (χ2v) is 5.49. The second-order valence-electron chi connectivity index (χ2n) is 5.49. The van der Waals surface area contributed by atoms with E-state index in [1.165, 1.54) is 12.8 Å².